The van der Waals surface area contributed by atoms with Crippen molar-refractivity contribution in [2.24, 2.45) is 0 Å². The third kappa shape index (κ3) is 3.46. The fourth-order valence-corrected chi connectivity index (χ4v) is 2.69. The van der Waals surface area contributed by atoms with E-state index in [9.17, 15) is 13.2 Å². The maximum atomic E-state index is 13.9. The molecule has 0 N–H and O–H groups in total. The van der Waals surface area contributed by atoms with E-state index in [1.54, 1.807) is 30.3 Å². The van der Waals surface area contributed by atoms with Crippen molar-refractivity contribution in [2.45, 2.75) is 13.0 Å². The summed E-state index contributed by atoms with van der Waals surface area (Å²) in [5, 5.41) is 14.9. The molecule has 0 fully saturated rings. The first-order chi connectivity index (χ1) is 13.5. The second-order valence-electron chi connectivity index (χ2n) is 5.65. The van der Waals surface area contributed by atoms with Crippen LogP contribution in [0.2, 0.25) is 5.15 Å². The molecule has 7 nitrogen and oxygen atoms in total. The highest BCUT2D eigenvalue weighted by Crippen LogP contribution is 2.28. The molecule has 0 aliphatic carbocycles. The van der Waals surface area contributed by atoms with Gasteiger partial charge in [-0.2, -0.15) is 8.78 Å². The Morgan fingerprint density at radius 1 is 1.07 bits per heavy atom. The maximum Gasteiger partial charge on any atom is 0.314 e. The molecule has 142 valence electrons. The highest BCUT2D eigenvalue weighted by atomic mass is 35.5. The molecule has 3 heterocycles. The summed E-state index contributed by atoms with van der Waals surface area (Å²) in [4.78, 5) is 4.21. The van der Waals surface area contributed by atoms with Crippen molar-refractivity contribution >= 4 is 11.6 Å². The number of pyridine rings is 1. The fourth-order valence-electron chi connectivity index (χ4n) is 2.46. The van der Waals surface area contributed by atoms with Gasteiger partial charge < -0.3 is 4.42 Å². The molecular weight excluding hydrogens is 397 g/mol. The number of alkyl halides is 2. The van der Waals surface area contributed by atoms with Crippen LogP contribution in [-0.2, 0) is 6.54 Å². The Morgan fingerprint density at radius 2 is 1.89 bits per heavy atom. The number of hydrogen-bond donors (Lipinski definition) is 0. The largest absolute Gasteiger partial charge is 0.415 e. The number of halogens is 4. The molecule has 4 aromatic rings. The van der Waals surface area contributed by atoms with Gasteiger partial charge >= 0.3 is 6.43 Å². The fraction of sp³-hybridized carbons (Fsp3) is 0.118. The lowest BCUT2D eigenvalue weighted by molar-refractivity contribution is 0.116. The van der Waals surface area contributed by atoms with Gasteiger partial charge in [-0.3, -0.25) is 4.98 Å². The lowest BCUT2D eigenvalue weighted by Gasteiger charge is -2.03. The zero-order valence-corrected chi connectivity index (χ0v) is 14.7. The Morgan fingerprint density at radius 3 is 2.57 bits per heavy atom. The first-order valence-corrected chi connectivity index (χ1v) is 8.31. The average Bonchev–Trinajstić information content (AvgIpc) is 3.31. The van der Waals surface area contributed by atoms with Gasteiger partial charge in [0.05, 0.1) is 17.8 Å². The Hall–Kier alpha value is -3.27. The highest BCUT2D eigenvalue weighted by molar-refractivity contribution is 6.32. The van der Waals surface area contributed by atoms with Gasteiger partial charge in [0, 0.05) is 11.8 Å². The van der Waals surface area contributed by atoms with E-state index in [0.29, 0.717) is 11.3 Å². The summed E-state index contributed by atoms with van der Waals surface area (Å²) in [6, 6.07) is 9.32. The second kappa shape index (κ2) is 7.39. The molecule has 3 aromatic heterocycles. The molecule has 11 heteroatoms. The average molecular weight is 407 g/mol. The summed E-state index contributed by atoms with van der Waals surface area (Å²) in [6.45, 7) is 0.173. The minimum absolute atomic E-state index is 0.0602. The van der Waals surface area contributed by atoms with Gasteiger partial charge in [-0.1, -0.05) is 28.9 Å². The predicted molar refractivity (Wildman–Crippen MR) is 92.0 cm³/mol. The quantitative estimate of drug-likeness (QED) is 0.494. The van der Waals surface area contributed by atoms with Gasteiger partial charge in [0.25, 0.3) is 5.89 Å². The Balaban J connectivity index is 1.54. The number of nitrogens with zero attached hydrogens (tertiary/aromatic N) is 6. The number of benzene rings is 1. The minimum Gasteiger partial charge on any atom is -0.415 e. The SMILES string of the molecule is Fc1ccccc1-c1nnn(Cc2ccc(-c3nnc(C(F)F)o3)cn2)c1Cl. The third-order valence-electron chi connectivity index (χ3n) is 3.81. The van der Waals surface area contributed by atoms with Gasteiger partial charge in [-0.25, -0.2) is 9.07 Å². The van der Waals surface area contributed by atoms with Crippen molar-refractivity contribution in [2.75, 3.05) is 0 Å². The van der Waals surface area contributed by atoms with E-state index in [1.165, 1.54) is 16.9 Å². The second-order valence-corrected chi connectivity index (χ2v) is 6.01. The zero-order valence-electron chi connectivity index (χ0n) is 13.9. The summed E-state index contributed by atoms with van der Waals surface area (Å²) in [6.07, 6.45) is -1.44. The normalized spacial score (nSPS) is 11.3. The van der Waals surface area contributed by atoms with E-state index in [2.05, 4.69) is 25.5 Å². The molecule has 28 heavy (non-hydrogen) atoms. The van der Waals surface area contributed by atoms with Gasteiger partial charge in [0.15, 0.2) is 5.15 Å². The molecule has 0 bridgehead atoms. The van der Waals surface area contributed by atoms with Gasteiger partial charge in [0.2, 0.25) is 5.89 Å². The molecule has 1 aromatic carbocycles. The smallest absolute Gasteiger partial charge is 0.314 e. The van der Waals surface area contributed by atoms with Crippen molar-refractivity contribution in [1.29, 1.82) is 0 Å². The van der Waals surface area contributed by atoms with Crippen LogP contribution in [0, 0.1) is 5.82 Å². The Bertz CT molecular complexity index is 1110. The van der Waals surface area contributed by atoms with Crippen LogP contribution in [0.3, 0.4) is 0 Å². The molecule has 4 rings (SSSR count). The van der Waals surface area contributed by atoms with Crippen molar-refractivity contribution in [1.82, 2.24) is 30.2 Å². The number of aromatic nitrogens is 6. The van der Waals surface area contributed by atoms with Crippen molar-refractivity contribution in [3.8, 4) is 22.7 Å². The molecule has 0 radical (unpaired) electrons. The van der Waals surface area contributed by atoms with Crippen LogP contribution in [-0.4, -0.2) is 30.2 Å². The molecule has 0 amide bonds. The van der Waals surface area contributed by atoms with E-state index in [0.717, 1.165) is 0 Å². The molecule has 0 unspecified atom stereocenters. The molecule has 0 atom stereocenters. The molecular formula is C17H10ClF3N6O. The van der Waals surface area contributed by atoms with E-state index in [-0.39, 0.29) is 28.8 Å². The Kier molecular flexibility index (Phi) is 4.78. The first kappa shape index (κ1) is 18.1. The monoisotopic (exact) mass is 406 g/mol. The van der Waals surface area contributed by atoms with Crippen LogP contribution in [0.5, 0.6) is 0 Å². The van der Waals surface area contributed by atoms with Crippen molar-refractivity contribution < 1.29 is 17.6 Å². The Labute approximate surface area is 160 Å². The molecule has 0 saturated heterocycles. The first-order valence-electron chi connectivity index (χ1n) is 7.93. The number of hydrogen-bond acceptors (Lipinski definition) is 6. The van der Waals surface area contributed by atoms with Gasteiger partial charge in [-0.05, 0) is 24.3 Å². The van der Waals surface area contributed by atoms with Crippen molar-refractivity contribution in [3.63, 3.8) is 0 Å². The summed E-state index contributed by atoms with van der Waals surface area (Å²) >= 11 is 6.28. The van der Waals surface area contributed by atoms with Gasteiger partial charge in [0.1, 0.15) is 11.5 Å². The van der Waals surface area contributed by atoms with Crippen LogP contribution in [0.4, 0.5) is 13.2 Å². The van der Waals surface area contributed by atoms with Crippen LogP contribution < -0.4 is 0 Å². The van der Waals surface area contributed by atoms with E-state index < -0.39 is 18.1 Å². The zero-order chi connectivity index (χ0) is 19.7. The van der Waals surface area contributed by atoms with Crippen LogP contribution in [0.1, 0.15) is 18.0 Å². The van der Waals surface area contributed by atoms with Crippen LogP contribution >= 0.6 is 11.6 Å². The summed E-state index contributed by atoms with van der Waals surface area (Å²) in [7, 11) is 0. The highest BCUT2D eigenvalue weighted by Gasteiger charge is 2.18. The maximum absolute atomic E-state index is 13.9. The standard InChI is InChI=1S/C17H10ClF3N6O/c18-14-13(11-3-1-2-4-12(11)19)23-26-27(14)8-10-6-5-9(7-22-10)16-24-25-17(28-16)15(20)21/h1-7,15H,8H2. The molecule has 0 aliphatic heterocycles. The van der Waals surface area contributed by atoms with E-state index in [1.807, 2.05) is 0 Å². The summed E-state index contributed by atoms with van der Waals surface area (Å²) in [5.41, 5.74) is 1.42. The van der Waals surface area contributed by atoms with Crippen LogP contribution in [0.15, 0.2) is 47.0 Å². The third-order valence-corrected chi connectivity index (χ3v) is 4.19. The lowest BCUT2D eigenvalue weighted by Crippen LogP contribution is -2.04. The molecule has 0 saturated carbocycles. The number of rotatable bonds is 5. The summed E-state index contributed by atoms with van der Waals surface area (Å²) in [5.74, 6) is -1.27. The summed E-state index contributed by atoms with van der Waals surface area (Å²) < 4.78 is 45.2. The lowest BCUT2D eigenvalue weighted by atomic mass is 10.1. The van der Waals surface area contributed by atoms with E-state index in [4.69, 9.17) is 16.0 Å². The molecule has 0 spiro atoms. The minimum atomic E-state index is -2.84. The van der Waals surface area contributed by atoms with Gasteiger partial charge in [-0.15, -0.1) is 15.3 Å². The topological polar surface area (TPSA) is 82.5 Å². The predicted octanol–water partition coefficient (Wildman–Crippen LogP) is 4.17. The van der Waals surface area contributed by atoms with Crippen molar-refractivity contribution in [3.05, 3.63) is 65.2 Å². The van der Waals surface area contributed by atoms with Crippen LogP contribution in [0.25, 0.3) is 22.7 Å². The van der Waals surface area contributed by atoms with E-state index >= 15 is 0 Å². The molecule has 0 aliphatic rings.